The highest BCUT2D eigenvalue weighted by atomic mass is 31.2. The molecule has 0 aromatic heterocycles. The van der Waals surface area contributed by atoms with E-state index in [1.807, 2.05) is 51.1 Å². The van der Waals surface area contributed by atoms with E-state index in [0.29, 0.717) is 19.6 Å². The van der Waals surface area contributed by atoms with Crippen LogP contribution in [0.4, 0.5) is 0 Å². The summed E-state index contributed by atoms with van der Waals surface area (Å²) in [5, 5.41) is 0. The molecule has 0 N–H and O–H groups in total. The molecular formula is C19H25O3P. The van der Waals surface area contributed by atoms with E-state index >= 15 is 0 Å². The third-order valence-corrected chi connectivity index (χ3v) is 6.45. The minimum Gasteiger partial charge on any atom is -0.308 e. The zero-order valence-electron chi connectivity index (χ0n) is 14.1. The first-order valence-corrected chi connectivity index (χ1v) is 9.80. The number of rotatable bonds is 8. The Balaban J connectivity index is 2.30. The molecular weight excluding hydrogens is 307 g/mol. The summed E-state index contributed by atoms with van der Waals surface area (Å²) < 4.78 is 24.1. The standard InChI is InChI=1S/C19H25O3P/c1-4-19(23(20,21-5-2)22-6-3)18-14-12-17(13-15-18)16-10-8-7-9-11-16/h7-15,19H,4-6H2,1-3H3/t19-/m1/s1. The van der Waals surface area contributed by atoms with Crippen molar-refractivity contribution < 1.29 is 13.6 Å². The Labute approximate surface area is 139 Å². The van der Waals surface area contributed by atoms with Crippen molar-refractivity contribution in [2.75, 3.05) is 13.2 Å². The molecule has 2 aromatic carbocycles. The molecule has 0 heterocycles. The van der Waals surface area contributed by atoms with Crippen molar-refractivity contribution in [1.29, 1.82) is 0 Å². The van der Waals surface area contributed by atoms with E-state index < -0.39 is 7.60 Å². The summed E-state index contributed by atoms with van der Waals surface area (Å²) in [6.07, 6.45) is 0.710. The molecule has 4 heteroatoms. The highest BCUT2D eigenvalue weighted by Crippen LogP contribution is 2.62. The van der Waals surface area contributed by atoms with Crippen molar-refractivity contribution in [3.05, 3.63) is 60.2 Å². The maximum atomic E-state index is 13.1. The van der Waals surface area contributed by atoms with Gasteiger partial charge >= 0.3 is 7.60 Å². The van der Waals surface area contributed by atoms with Crippen LogP contribution < -0.4 is 0 Å². The van der Waals surface area contributed by atoms with Gasteiger partial charge in [0.25, 0.3) is 0 Å². The average molecular weight is 332 g/mol. The van der Waals surface area contributed by atoms with Crippen LogP contribution in [-0.2, 0) is 13.6 Å². The molecule has 0 amide bonds. The maximum absolute atomic E-state index is 13.1. The van der Waals surface area contributed by atoms with Gasteiger partial charge in [-0.15, -0.1) is 0 Å². The smallest absolute Gasteiger partial charge is 0.308 e. The van der Waals surface area contributed by atoms with E-state index in [1.165, 1.54) is 5.56 Å². The summed E-state index contributed by atoms with van der Waals surface area (Å²) in [6, 6.07) is 18.4. The Kier molecular flexibility index (Phi) is 6.59. The molecule has 1 atom stereocenters. The highest BCUT2D eigenvalue weighted by Gasteiger charge is 2.35. The van der Waals surface area contributed by atoms with Crippen LogP contribution >= 0.6 is 7.60 Å². The number of benzene rings is 2. The molecule has 0 aliphatic carbocycles. The zero-order valence-corrected chi connectivity index (χ0v) is 15.0. The molecule has 0 unspecified atom stereocenters. The largest absolute Gasteiger partial charge is 0.338 e. The minimum absolute atomic E-state index is 0.229. The molecule has 23 heavy (non-hydrogen) atoms. The molecule has 0 spiro atoms. The van der Waals surface area contributed by atoms with Crippen LogP contribution in [0.3, 0.4) is 0 Å². The lowest BCUT2D eigenvalue weighted by molar-refractivity contribution is 0.211. The average Bonchev–Trinajstić information content (AvgIpc) is 2.57. The van der Waals surface area contributed by atoms with E-state index in [9.17, 15) is 4.57 Å². The Morgan fingerprint density at radius 3 is 1.83 bits per heavy atom. The predicted molar refractivity (Wildman–Crippen MR) is 95.8 cm³/mol. The van der Waals surface area contributed by atoms with Gasteiger partial charge in [-0.25, -0.2) is 0 Å². The first-order chi connectivity index (χ1) is 11.1. The second-order valence-electron chi connectivity index (χ2n) is 5.29. The lowest BCUT2D eigenvalue weighted by Crippen LogP contribution is -2.06. The normalized spacial score (nSPS) is 13.0. The van der Waals surface area contributed by atoms with E-state index in [4.69, 9.17) is 9.05 Å². The molecule has 2 rings (SSSR count). The van der Waals surface area contributed by atoms with Gasteiger partial charge in [-0.3, -0.25) is 4.57 Å². The van der Waals surface area contributed by atoms with Gasteiger partial charge in [0, 0.05) is 0 Å². The third-order valence-electron chi connectivity index (χ3n) is 3.79. The monoisotopic (exact) mass is 332 g/mol. The molecule has 0 aliphatic rings. The first kappa shape index (κ1) is 17.9. The van der Waals surface area contributed by atoms with Crippen molar-refractivity contribution in [2.24, 2.45) is 0 Å². The van der Waals surface area contributed by atoms with Crippen LogP contribution in [0, 0.1) is 0 Å². The van der Waals surface area contributed by atoms with Crippen LogP contribution in [0.1, 0.15) is 38.4 Å². The Hall–Kier alpha value is -1.41. The van der Waals surface area contributed by atoms with Crippen molar-refractivity contribution in [3.63, 3.8) is 0 Å². The highest BCUT2D eigenvalue weighted by molar-refractivity contribution is 7.54. The lowest BCUT2D eigenvalue weighted by Gasteiger charge is -2.25. The summed E-state index contributed by atoms with van der Waals surface area (Å²) >= 11 is 0. The molecule has 3 nitrogen and oxygen atoms in total. The van der Waals surface area contributed by atoms with E-state index in [-0.39, 0.29) is 5.66 Å². The van der Waals surface area contributed by atoms with E-state index in [2.05, 4.69) is 24.3 Å². The topological polar surface area (TPSA) is 35.5 Å². The van der Waals surface area contributed by atoms with Crippen molar-refractivity contribution in [1.82, 2.24) is 0 Å². The van der Waals surface area contributed by atoms with Gasteiger partial charge in [-0.2, -0.15) is 0 Å². The molecule has 0 aliphatic heterocycles. The van der Waals surface area contributed by atoms with Crippen molar-refractivity contribution in [2.45, 2.75) is 32.9 Å². The second-order valence-corrected chi connectivity index (χ2v) is 7.51. The van der Waals surface area contributed by atoms with Crippen LogP contribution in [0.2, 0.25) is 0 Å². The van der Waals surface area contributed by atoms with Crippen LogP contribution in [0.25, 0.3) is 11.1 Å². The summed E-state index contributed by atoms with van der Waals surface area (Å²) in [7, 11) is -3.14. The third kappa shape index (κ3) is 4.32. The molecule has 0 saturated heterocycles. The molecule has 124 valence electrons. The predicted octanol–water partition coefficient (Wildman–Crippen LogP) is 6.07. The maximum Gasteiger partial charge on any atom is 0.338 e. The molecule has 2 aromatic rings. The van der Waals surface area contributed by atoms with Gasteiger partial charge in [0.1, 0.15) is 0 Å². The van der Waals surface area contributed by atoms with Gasteiger partial charge in [0.15, 0.2) is 0 Å². The number of hydrogen-bond acceptors (Lipinski definition) is 3. The first-order valence-electron chi connectivity index (χ1n) is 8.18. The molecule has 0 bridgehead atoms. The zero-order chi connectivity index (χ0) is 16.7. The van der Waals surface area contributed by atoms with Crippen LogP contribution in [0.5, 0.6) is 0 Å². The molecule has 0 radical (unpaired) electrons. The van der Waals surface area contributed by atoms with Gasteiger partial charge in [-0.1, -0.05) is 61.5 Å². The van der Waals surface area contributed by atoms with E-state index in [1.54, 1.807) is 0 Å². The van der Waals surface area contributed by atoms with Gasteiger partial charge in [-0.05, 0) is 37.0 Å². The Morgan fingerprint density at radius 2 is 1.35 bits per heavy atom. The van der Waals surface area contributed by atoms with Crippen molar-refractivity contribution in [3.8, 4) is 11.1 Å². The second kappa shape index (κ2) is 8.44. The SMILES string of the molecule is CCOP(=O)(OCC)[C@H](CC)c1ccc(-c2ccccc2)cc1. The lowest BCUT2D eigenvalue weighted by atomic mass is 10.0. The quantitative estimate of drug-likeness (QED) is 0.550. The Morgan fingerprint density at radius 1 is 0.826 bits per heavy atom. The summed E-state index contributed by atoms with van der Waals surface area (Å²) in [4.78, 5) is 0. The fourth-order valence-electron chi connectivity index (χ4n) is 2.75. The Bertz CT molecular complexity index is 627. The van der Waals surface area contributed by atoms with Gasteiger partial charge in [0.2, 0.25) is 0 Å². The number of hydrogen-bond donors (Lipinski definition) is 0. The fourth-order valence-corrected chi connectivity index (χ4v) is 4.89. The fraction of sp³-hybridized carbons (Fsp3) is 0.368. The van der Waals surface area contributed by atoms with Gasteiger partial charge in [0.05, 0.1) is 18.9 Å². The van der Waals surface area contributed by atoms with Gasteiger partial charge < -0.3 is 9.05 Å². The van der Waals surface area contributed by atoms with Crippen LogP contribution in [0.15, 0.2) is 54.6 Å². The minimum atomic E-state index is -3.14. The van der Waals surface area contributed by atoms with Crippen LogP contribution in [-0.4, -0.2) is 13.2 Å². The summed E-state index contributed by atoms with van der Waals surface area (Å²) in [5.74, 6) is 0. The molecule has 0 fully saturated rings. The molecule has 0 saturated carbocycles. The van der Waals surface area contributed by atoms with Crippen molar-refractivity contribution >= 4 is 7.60 Å². The van der Waals surface area contributed by atoms with E-state index in [0.717, 1.165) is 11.1 Å². The summed E-state index contributed by atoms with van der Waals surface area (Å²) in [6.45, 7) is 6.47. The summed E-state index contributed by atoms with van der Waals surface area (Å²) in [5.41, 5.74) is 3.08.